The zero-order chi connectivity index (χ0) is 23.2. The first-order valence-corrected chi connectivity index (χ1v) is 11.8. The Balaban J connectivity index is 1.50. The van der Waals surface area contributed by atoms with Gasteiger partial charge in [0, 0.05) is 23.0 Å². The Kier molecular flexibility index (Phi) is 7.50. The first kappa shape index (κ1) is 23.1. The molecule has 5 nitrogen and oxygen atoms in total. The number of fused-ring (bicyclic) bond motifs is 1. The van der Waals surface area contributed by atoms with E-state index in [1.807, 2.05) is 60.7 Å². The quantitative estimate of drug-likeness (QED) is 0.489. The van der Waals surface area contributed by atoms with E-state index in [4.69, 9.17) is 16.3 Å². The lowest BCUT2D eigenvalue weighted by molar-refractivity contribution is -0.142. The SMILES string of the molecule is C[C@@H](C(=O)NC1CCCC1)N(Cc1cccc(Cl)c1)C(=O)COc1cccc2ccccc12. The predicted octanol–water partition coefficient (Wildman–Crippen LogP) is 5.35. The Bertz CT molecular complexity index is 1120. The lowest BCUT2D eigenvalue weighted by atomic mass is 10.1. The van der Waals surface area contributed by atoms with Crippen molar-refractivity contribution in [3.8, 4) is 5.75 Å². The zero-order valence-corrected chi connectivity index (χ0v) is 19.6. The minimum atomic E-state index is -0.631. The van der Waals surface area contributed by atoms with Crippen LogP contribution in [-0.4, -0.2) is 35.4 Å². The van der Waals surface area contributed by atoms with Gasteiger partial charge in [-0.1, -0.05) is 73.0 Å². The number of benzene rings is 3. The van der Waals surface area contributed by atoms with E-state index in [9.17, 15) is 9.59 Å². The van der Waals surface area contributed by atoms with Crippen molar-refractivity contribution in [2.45, 2.75) is 51.2 Å². The number of halogens is 1. The van der Waals surface area contributed by atoms with Crippen LogP contribution in [0.5, 0.6) is 5.75 Å². The molecule has 1 atom stereocenters. The van der Waals surface area contributed by atoms with Crippen LogP contribution < -0.4 is 10.1 Å². The number of nitrogens with one attached hydrogen (secondary N) is 1. The van der Waals surface area contributed by atoms with Crippen molar-refractivity contribution in [3.05, 3.63) is 77.3 Å². The van der Waals surface area contributed by atoms with E-state index in [0.29, 0.717) is 10.8 Å². The summed E-state index contributed by atoms with van der Waals surface area (Å²) in [6, 6.07) is 20.6. The van der Waals surface area contributed by atoms with Gasteiger partial charge >= 0.3 is 0 Å². The van der Waals surface area contributed by atoms with Gasteiger partial charge in [0.1, 0.15) is 11.8 Å². The molecule has 3 aromatic carbocycles. The molecule has 0 spiro atoms. The summed E-state index contributed by atoms with van der Waals surface area (Å²) in [4.78, 5) is 27.9. The Morgan fingerprint density at radius 3 is 2.58 bits per heavy atom. The zero-order valence-electron chi connectivity index (χ0n) is 18.8. The van der Waals surface area contributed by atoms with Crippen molar-refractivity contribution in [1.82, 2.24) is 10.2 Å². The highest BCUT2D eigenvalue weighted by atomic mass is 35.5. The van der Waals surface area contributed by atoms with Gasteiger partial charge < -0.3 is 15.0 Å². The topological polar surface area (TPSA) is 58.6 Å². The Morgan fingerprint density at radius 2 is 1.79 bits per heavy atom. The third kappa shape index (κ3) is 5.85. The van der Waals surface area contributed by atoms with Gasteiger partial charge in [-0.15, -0.1) is 0 Å². The highest BCUT2D eigenvalue weighted by Crippen LogP contribution is 2.25. The maximum absolute atomic E-state index is 13.3. The molecule has 6 heteroatoms. The lowest BCUT2D eigenvalue weighted by Crippen LogP contribution is -2.50. The largest absolute Gasteiger partial charge is 0.483 e. The number of ether oxygens (including phenoxy) is 1. The Hall–Kier alpha value is -3.05. The van der Waals surface area contributed by atoms with Gasteiger partial charge in [0.15, 0.2) is 6.61 Å². The van der Waals surface area contributed by atoms with Crippen LogP contribution in [0, 0.1) is 0 Å². The number of carbonyl (C=O) groups is 2. The van der Waals surface area contributed by atoms with E-state index >= 15 is 0 Å². The number of amides is 2. The molecule has 0 heterocycles. The second kappa shape index (κ2) is 10.7. The molecular weight excluding hydrogens is 436 g/mol. The average molecular weight is 465 g/mol. The molecule has 0 saturated heterocycles. The van der Waals surface area contributed by atoms with Crippen LogP contribution in [0.25, 0.3) is 10.8 Å². The van der Waals surface area contributed by atoms with E-state index in [-0.39, 0.29) is 31.0 Å². The lowest BCUT2D eigenvalue weighted by Gasteiger charge is -2.29. The van der Waals surface area contributed by atoms with Crippen LogP contribution in [0.3, 0.4) is 0 Å². The van der Waals surface area contributed by atoms with E-state index in [0.717, 1.165) is 42.0 Å². The van der Waals surface area contributed by atoms with Gasteiger partial charge in [0.25, 0.3) is 5.91 Å². The van der Waals surface area contributed by atoms with Crippen LogP contribution >= 0.6 is 11.6 Å². The standard InChI is InChI=1S/C27H29ClN2O3/c1-19(27(32)29-23-12-3-4-13-23)30(17-20-8-6-11-22(28)16-20)26(31)18-33-25-15-7-10-21-9-2-5-14-24(21)25/h2,5-11,14-16,19,23H,3-4,12-13,17-18H2,1H3,(H,29,32)/t19-/m0/s1. The number of nitrogens with zero attached hydrogens (tertiary/aromatic N) is 1. The summed E-state index contributed by atoms with van der Waals surface area (Å²) in [5.74, 6) is 0.256. The summed E-state index contributed by atoms with van der Waals surface area (Å²) in [6.45, 7) is 1.89. The van der Waals surface area contributed by atoms with Crippen molar-refractivity contribution >= 4 is 34.2 Å². The third-order valence-electron chi connectivity index (χ3n) is 6.21. The molecule has 1 aliphatic rings. The molecule has 0 aliphatic heterocycles. The maximum atomic E-state index is 13.3. The smallest absolute Gasteiger partial charge is 0.261 e. The predicted molar refractivity (Wildman–Crippen MR) is 131 cm³/mol. The third-order valence-corrected chi connectivity index (χ3v) is 6.45. The summed E-state index contributed by atoms with van der Waals surface area (Å²) in [5, 5.41) is 5.69. The molecule has 0 aromatic heterocycles. The van der Waals surface area contributed by atoms with Crippen molar-refractivity contribution in [1.29, 1.82) is 0 Å². The van der Waals surface area contributed by atoms with Crippen molar-refractivity contribution in [2.24, 2.45) is 0 Å². The highest BCUT2D eigenvalue weighted by Gasteiger charge is 2.28. The van der Waals surface area contributed by atoms with E-state index in [1.54, 1.807) is 17.9 Å². The summed E-state index contributed by atoms with van der Waals surface area (Å²) >= 11 is 6.15. The number of carbonyl (C=O) groups excluding carboxylic acids is 2. The highest BCUT2D eigenvalue weighted by molar-refractivity contribution is 6.30. The van der Waals surface area contributed by atoms with E-state index in [2.05, 4.69) is 5.32 Å². The minimum Gasteiger partial charge on any atom is -0.483 e. The van der Waals surface area contributed by atoms with Crippen LogP contribution in [0.1, 0.15) is 38.2 Å². The van der Waals surface area contributed by atoms with Gasteiger partial charge in [-0.05, 0) is 48.9 Å². The van der Waals surface area contributed by atoms with Gasteiger partial charge in [-0.2, -0.15) is 0 Å². The summed E-state index contributed by atoms with van der Waals surface area (Å²) in [7, 11) is 0. The molecule has 0 bridgehead atoms. The van der Waals surface area contributed by atoms with Gasteiger partial charge in [-0.25, -0.2) is 0 Å². The molecule has 1 fully saturated rings. The summed E-state index contributed by atoms with van der Waals surface area (Å²) in [6.07, 6.45) is 4.24. The van der Waals surface area contributed by atoms with Crippen molar-refractivity contribution in [2.75, 3.05) is 6.61 Å². The van der Waals surface area contributed by atoms with E-state index in [1.165, 1.54) is 0 Å². The Labute approximate surface area is 199 Å². The van der Waals surface area contributed by atoms with Gasteiger partial charge in [0.05, 0.1) is 0 Å². The molecule has 3 aromatic rings. The van der Waals surface area contributed by atoms with Crippen molar-refractivity contribution in [3.63, 3.8) is 0 Å². The Morgan fingerprint density at radius 1 is 1.06 bits per heavy atom. The van der Waals surface area contributed by atoms with Crippen LogP contribution in [0.4, 0.5) is 0 Å². The molecule has 2 amide bonds. The fraction of sp³-hybridized carbons (Fsp3) is 0.333. The second-order valence-electron chi connectivity index (χ2n) is 8.58. The number of hydrogen-bond donors (Lipinski definition) is 1. The first-order chi connectivity index (χ1) is 16.0. The van der Waals surface area contributed by atoms with Crippen LogP contribution in [0.15, 0.2) is 66.7 Å². The fourth-order valence-electron chi connectivity index (χ4n) is 4.35. The van der Waals surface area contributed by atoms with Crippen LogP contribution in [-0.2, 0) is 16.1 Å². The molecule has 4 rings (SSSR count). The number of hydrogen-bond acceptors (Lipinski definition) is 3. The van der Waals surface area contributed by atoms with Crippen molar-refractivity contribution < 1.29 is 14.3 Å². The van der Waals surface area contributed by atoms with Crippen LogP contribution in [0.2, 0.25) is 5.02 Å². The molecule has 1 aliphatic carbocycles. The monoisotopic (exact) mass is 464 g/mol. The van der Waals surface area contributed by atoms with Gasteiger partial charge in [-0.3, -0.25) is 9.59 Å². The van der Waals surface area contributed by atoms with E-state index < -0.39 is 6.04 Å². The number of rotatable bonds is 8. The molecule has 172 valence electrons. The average Bonchev–Trinajstić information content (AvgIpc) is 3.33. The minimum absolute atomic E-state index is 0.137. The normalized spacial score (nSPS) is 14.7. The fourth-order valence-corrected chi connectivity index (χ4v) is 4.56. The molecule has 0 radical (unpaired) electrons. The van der Waals surface area contributed by atoms with Gasteiger partial charge in [0.2, 0.25) is 5.91 Å². The molecule has 1 N–H and O–H groups in total. The molecule has 0 unspecified atom stereocenters. The second-order valence-corrected chi connectivity index (χ2v) is 9.02. The summed E-state index contributed by atoms with van der Waals surface area (Å²) < 4.78 is 5.94. The molecule has 1 saturated carbocycles. The summed E-state index contributed by atoms with van der Waals surface area (Å²) in [5.41, 5.74) is 0.863. The first-order valence-electron chi connectivity index (χ1n) is 11.5. The molecule has 33 heavy (non-hydrogen) atoms. The molecular formula is C27H29ClN2O3. The maximum Gasteiger partial charge on any atom is 0.261 e.